The predicted octanol–water partition coefficient (Wildman–Crippen LogP) is 2.57. The lowest BCUT2D eigenvalue weighted by atomic mass is 9.81. The van der Waals surface area contributed by atoms with Gasteiger partial charge in [-0.2, -0.15) is 0 Å². The summed E-state index contributed by atoms with van der Waals surface area (Å²) in [5, 5.41) is 3.31. The smallest absolute Gasteiger partial charge is 0.240 e. The van der Waals surface area contributed by atoms with Crippen molar-refractivity contribution in [2.75, 3.05) is 19.6 Å². The van der Waals surface area contributed by atoms with Crippen LogP contribution in [-0.4, -0.2) is 28.1 Å². The van der Waals surface area contributed by atoms with Gasteiger partial charge < -0.3 is 5.32 Å². The van der Waals surface area contributed by atoms with Crippen LogP contribution in [0, 0.1) is 11.2 Å². The SMILES string of the molecule is CC1(CNS(=O)(=O)c2cc(F)cc(Cl)c2)CCNCC1.Cl. The molecule has 1 heterocycles. The van der Waals surface area contributed by atoms with Crippen LogP contribution < -0.4 is 10.0 Å². The largest absolute Gasteiger partial charge is 0.317 e. The third kappa shape index (κ3) is 5.07. The summed E-state index contributed by atoms with van der Waals surface area (Å²) in [6.45, 7) is 4.15. The second-order valence-electron chi connectivity index (χ2n) is 5.49. The number of hydrogen-bond donors (Lipinski definition) is 2. The second kappa shape index (κ2) is 7.24. The van der Waals surface area contributed by atoms with Crippen LogP contribution >= 0.6 is 24.0 Å². The average Bonchev–Trinajstić information content (AvgIpc) is 2.37. The van der Waals surface area contributed by atoms with Gasteiger partial charge in [-0.25, -0.2) is 17.5 Å². The summed E-state index contributed by atoms with van der Waals surface area (Å²) in [6.07, 6.45) is 1.80. The Morgan fingerprint density at radius 3 is 2.52 bits per heavy atom. The number of rotatable bonds is 4. The average molecular weight is 357 g/mol. The zero-order valence-electron chi connectivity index (χ0n) is 11.7. The van der Waals surface area contributed by atoms with Crippen molar-refractivity contribution >= 4 is 34.0 Å². The summed E-state index contributed by atoms with van der Waals surface area (Å²) in [5.74, 6) is -0.661. The van der Waals surface area contributed by atoms with Gasteiger partial charge in [0.25, 0.3) is 0 Å². The zero-order valence-corrected chi connectivity index (χ0v) is 14.0. The Morgan fingerprint density at radius 1 is 1.33 bits per heavy atom. The van der Waals surface area contributed by atoms with Crippen LogP contribution in [0.4, 0.5) is 4.39 Å². The molecule has 8 heteroatoms. The number of benzene rings is 1. The molecule has 1 aliphatic heterocycles. The van der Waals surface area contributed by atoms with Crippen molar-refractivity contribution in [3.05, 3.63) is 29.0 Å². The number of halogens is 3. The van der Waals surface area contributed by atoms with E-state index in [1.807, 2.05) is 0 Å². The summed E-state index contributed by atoms with van der Waals surface area (Å²) < 4.78 is 40.1. The van der Waals surface area contributed by atoms with E-state index in [0.717, 1.165) is 38.1 Å². The first-order chi connectivity index (χ1) is 9.31. The molecule has 0 saturated carbocycles. The van der Waals surface area contributed by atoms with Gasteiger partial charge in [-0.1, -0.05) is 18.5 Å². The van der Waals surface area contributed by atoms with E-state index >= 15 is 0 Å². The lowest BCUT2D eigenvalue weighted by molar-refractivity contribution is 0.232. The Bertz CT molecular complexity index is 570. The van der Waals surface area contributed by atoms with Gasteiger partial charge in [0.2, 0.25) is 10.0 Å². The molecule has 1 fully saturated rings. The fourth-order valence-corrected chi connectivity index (χ4v) is 3.78. The van der Waals surface area contributed by atoms with E-state index in [9.17, 15) is 12.8 Å². The number of hydrogen-bond acceptors (Lipinski definition) is 3. The molecule has 0 spiro atoms. The van der Waals surface area contributed by atoms with Crippen molar-refractivity contribution in [3.63, 3.8) is 0 Å². The second-order valence-corrected chi connectivity index (χ2v) is 7.69. The Morgan fingerprint density at radius 2 is 1.95 bits per heavy atom. The Hall–Kier alpha value is -0.400. The third-order valence-corrected chi connectivity index (χ3v) is 5.24. The summed E-state index contributed by atoms with van der Waals surface area (Å²) in [4.78, 5) is -0.139. The van der Waals surface area contributed by atoms with Gasteiger partial charge >= 0.3 is 0 Å². The molecule has 0 aromatic heterocycles. The molecule has 1 aliphatic rings. The minimum Gasteiger partial charge on any atom is -0.317 e. The van der Waals surface area contributed by atoms with Gasteiger partial charge in [0.05, 0.1) is 4.90 Å². The van der Waals surface area contributed by atoms with Gasteiger partial charge in [0, 0.05) is 11.6 Å². The van der Waals surface area contributed by atoms with E-state index in [1.165, 1.54) is 6.07 Å². The highest BCUT2D eigenvalue weighted by molar-refractivity contribution is 7.89. The molecular weight excluding hydrogens is 338 g/mol. The van der Waals surface area contributed by atoms with Crippen molar-refractivity contribution in [1.82, 2.24) is 10.0 Å². The van der Waals surface area contributed by atoms with Crippen LogP contribution in [0.2, 0.25) is 5.02 Å². The van der Waals surface area contributed by atoms with Crippen LogP contribution in [0.1, 0.15) is 19.8 Å². The van der Waals surface area contributed by atoms with E-state index in [0.29, 0.717) is 6.54 Å². The van der Waals surface area contributed by atoms with Crippen LogP contribution in [-0.2, 0) is 10.0 Å². The van der Waals surface area contributed by atoms with Crippen LogP contribution in [0.5, 0.6) is 0 Å². The normalized spacial score (nSPS) is 18.0. The molecular formula is C13H19Cl2FN2O2S. The van der Waals surface area contributed by atoms with Gasteiger partial charge in [-0.05, 0) is 49.5 Å². The Kier molecular flexibility index (Phi) is 6.43. The molecule has 1 aromatic rings. The number of nitrogens with one attached hydrogen (secondary N) is 2. The van der Waals surface area contributed by atoms with Crippen LogP contribution in [0.25, 0.3) is 0 Å². The molecule has 0 bridgehead atoms. The van der Waals surface area contributed by atoms with Crippen molar-refractivity contribution in [2.24, 2.45) is 5.41 Å². The third-order valence-electron chi connectivity index (χ3n) is 3.65. The van der Waals surface area contributed by atoms with Crippen molar-refractivity contribution in [2.45, 2.75) is 24.7 Å². The Balaban J connectivity index is 0.00000220. The van der Waals surface area contributed by atoms with E-state index in [-0.39, 0.29) is 27.7 Å². The van der Waals surface area contributed by atoms with Crippen LogP contribution in [0.15, 0.2) is 23.1 Å². The van der Waals surface area contributed by atoms with Gasteiger partial charge in [-0.3, -0.25) is 0 Å². The molecule has 0 aliphatic carbocycles. The maximum absolute atomic E-state index is 13.2. The molecule has 2 N–H and O–H groups in total. The Labute approximate surface area is 135 Å². The topological polar surface area (TPSA) is 58.2 Å². The predicted molar refractivity (Wildman–Crippen MR) is 84.1 cm³/mol. The van der Waals surface area contributed by atoms with Gasteiger partial charge in [-0.15, -0.1) is 12.4 Å². The van der Waals surface area contributed by atoms with Crippen molar-refractivity contribution in [1.29, 1.82) is 0 Å². The highest BCUT2D eigenvalue weighted by Crippen LogP contribution is 2.27. The molecule has 120 valence electrons. The van der Waals surface area contributed by atoms with E-state index in [1.54, 1.807) is 0 Å². The summed E-state index contributed by atoms with van der Waals surface area (Å²) in [5.41, 5.74) is -0.0740. The minimum atomic E-state index is -3.74. The lowest BCUT2D eigenvalue weighted by Gasteiger charge is -2.34. The van der Waals surface area contributed by atoms with Gasteiger partial charge in [0.15, 0.2) is 0 Å². The highest BCUT2D eigenvalue weighted by Gasteiger charge is 2.28. The van der Waals surface area contributed by atoms with Gasteiger partial charge in [0.1, 0.15) is 5.82 Å². The summed E-state index contributed by atoms with van der Waals surface area (Å²) >= 11 is 5.69. The molecule has 2 rings (SSSR count). The fourth-order valence-electron chi connectivity index (χ4n) is 2.24. The van der Waals surface area contributed by atoms with E-state index in [4.69, 9.17) is 11.6 Å². The molecule has 1 saturated heterocycles. The maximum Gasteiger partial charge on any atom is 0.240 e. The number of sulfonamides is 1. The molecule has 21 heavy (non-hydrogen) atoms. The first-order valence-electron chi connectivity index (χ1n) is 6.47. The molecule has 1 aromatic carbocycles. The molecule has 0 atom stereocenters. The van der Waals surface area contributed by atoms with E-state index < -0.39 is 15.8 Å². The molecule has 0 amide bonds. The monoisotopic (exact) mass is 356 g/mol. The van der Waals surface area contributed by atoms with Crippen molar-refractivity contribution < 1.29 is 12.8 Å². The summed E-state index contributed by atoms with van der Waals surface area (Å²) in [6, 6.07) is 3.30. The minimum absolute atomic E-state index is 0. The molecule has 4 nitrogen and oxygen atoms in total. The highest BCUT2D eigenvalue weighted by atomic mass is 35.5. The van der Waals surface area contributed by atoms with Crippen molar-refractivity contribution in [3.8, 4) is 0 Å². The quantitative estimate of drug-likeness (QED) is 0.871. The first kappa shape index (κ1) is 18.6. The van der Waals surface area contributed by atoms with E-state index in [2.05, 4.69) is 17.0 Å². The summed E-state index contributed by atoms with van der Waals surface area (Å²) in [7, 11) is -3.74. The zero-order chi connectivity index (χ0) is 14.8. The maximum atomic E-state index is 13.2. The molecule has 0 radical (unpaired) electrons. The standard InChI is InChI=1S/C13H18ClFN2O2S.ClH/c1-13(2-4-16-5-3-13)9-17-20(18,19)12-7-10(14)6-11(15)8-12;/h6-8,16-17H,2-5,9H2,1H3;1H. The first-order valence-corrected chi connectivity index (χ1v) is 8.33. The fraction of sp³-hybridized carbons (Fsp3) is 0.538. The number of piperidine rings is 1. The molecule has 0 unspecified atom stereocenters. The van der Waals surface area contributed by atoms with Crippen LogP contribution in [0.3, 0.4) is 0 Å². The lowest BCUT2D eigenvalue weighted by Crippen LogP contribution is -2.42.